The average molecular weight is 295 g/mol. The first-order valence-electron chi connectivity index (χ1n) is 7.80. The number of ether oxygens (including phenoxy) is 1. The standard InChI is InChI=1S/C15H25N3O3/c1-11(15-17-13(18-21-15)8-9-20-2)16-14(19)10-12-6-4-3-5-7-12/h11-12H,3-10H2,1-2H3,(H,16,19)/t11-/m0/s1. The summed E-state index contributed by atoms with van der Waals surface area (Å²) in [4.78, 5) is 16.3. The maximum atomic E-state index is 12.1. The quantitative estimate of drug-likeness (QED) is 0.835. The summed E-state index contributed by atoms with van der Waals surface area (Å²) in [5.74, 6) is 1.68. The van der Waals surface area contributed by atoms with Gasteiger partial charge in [-0.2, -0.15) is 4.98 Å². The molecule has 0 aromatic carbocycles. The lowest BCUT2D eigenvalue weighted by Crippen LogP contribution is -2.29. The molecule has 1 aromatic rings. The molecule has 0 saturated heterocycles. The number of rotatable bonds is 7. The van der Waals surface area contributed by atoms with Crippen LogP contribution in [0.15, 0.2) is 4.52 Å². The average Bonchev–Trinajstić information content (AvgIpc) is 2.95. The maximum Gasteiger partial charge on any atom is 0.248 e. The number of methoxy groups -OCH3 is 1. The summed E-state index contributed by atoms with van der Waals surface area (Å²) in [7, 11) is 1.63. The van der Waals surface area contributed by atoms with Gasteiger partial charge in [0.1, 0.15) is 6.04 Å². The lowest BCUT2D eigenvalue weighted by Gasteiger charge is -2.21. The highest BCUT2D eigenvalue weighted by Crippen LogP contribution is 2.26. The number of carbonyl (C=O) groups excluding carboxylic acids is 1. The molecule has 1 aliphatic carbocycles. The zero-order valence-corrected chi connectivity index (χ0v) is 12.9. The van der Waals surface area contributed by atoms with Crippen molar-refractivity contribution in [3.63, 3.8) is 0 Å². The summed E-state index contributed by atoms with van der Waals surface area (Å²) >= 11 is 0. The minimum Gasteiger partial charge on any atom is -0.384 e. The van der Waals surface area contributed by atoms with E-state index in [-0.39, 0.29) is 11.9 Å². The lowest BCUT2D eigenvalue weighted by atomic mass is 9.87. The van der Waals surface area contributed by atoms with Gasteiger partial charge in [0.05, 0.1) is 6.61 Å². The number of nitrogens with one attached hydrogen (secondary N) is 1. The predicted octanol–water partition coefficient (Wildman–Crippen LogP) is 2.41. The SMILES string of the molecule is COCCc1noc([C@H](C)NC(=O)CC2CCCCC2)n1. The van der Waals surface area contributed by atoms with Gasteiger partial charge in [-0.3, -0.25) is 4.79 Å². The van der Waals surface area contributed by atoms with Gasteiger partial charge in [0.15, 0.2) is 5.82 Å². The van der Waals surface area contributed by atoms with E-state index in [2.05, 4.69) is 15.5 Å². The Kier molecular flexibility index (Phi) is 6.17. The van der Waals surface area contributed by atoms with Crippen LogP contribution >= 0.6 is 0 Å². The Morgan fingerprint density at radius 1 is 1.43 bits per heavy atom. The number of carbonyl (C=O) groups is 1. The van der Waals surface area contributed by atoms with E-state index in [1.165, 1.54) is 32.1 Å². The van der Waals surface area contributed by atoms with Crippen molar-refractivity contribution in [2.75, 3.05) is 13.7 Å². The summed E-state index contributed by atoms with van der Waals surface area (Å²) in [6.07, 6.45) is 7.37. The van der Waals surface area contributed by atoms with Crippen LogP contribution in [0.5, 0.6) is 0 Å². The third-order valence-electron chi connectivity index (χ3n) is 3.96. The van der Waals surface area contributed by atoms with Crippen LogP contribution in [0.4, 0.5) is 0 Å². The third kappa shape index (κ3) is 5.12. The van der Waals surface area contributed by atoms with Crippen molar-refractivity contribution in [2.24, 2.45) is 5.92 Å². The molecule has 1 N–H and O–H groups in total. The second-order valence-electron chi connectivity index (χ2n) is 5.79. The molecule has 6 nitrogen and oxygen atoms in total. The Hall–Kier alpha value is -1.43. The largest absolute Gasteiger partial charge is 0.384 e. The van der Waals surface area contributed by atoms with E-state index < -0.39 is 0 Å². The van der Waals surface area contributed by atoms with Crippen molar-refractivity contribution in [1.82, 2.24) is 15.5 Å². The van der Waals surface area contributed by atoms with Crippen molar-refractivity contribution < 1.29 is 14.1 Å². The summed E-state index contributed by atoms with van der Waals surface area (Å²) in [5, 5.41) is 6.83. The number of nitrogens with zero attached hydrogens (tertiary/aromatic N) is 2. The van der Waals surface area contributed by atoms with Crippen LogP contribution in [0.2, 0.25) is 0 Å². The lowest BCUT2D eigenvalue weighted by molar-refractivity contribution is -0.123. The molecule has 1 fully saturated rings. The monoisotopic (exact) mass is 295 g/mol. The highest BCUT2D eigenvalue weighted by Gasteiger charge is 2.20. The molecular weight excluding hydrogens is 270 g/mol. The molecule has 118 valence electrons. The van der Waals surface area contributed by atoms with Crippen molar-refractivity contribution in [3.05, 3.63) is 11.7 Å². The molecule has 1 amide bonds. The Morgan fingerprint density at radius 2 is 2.19 bits per heavy atom. The van der Waals surface area contributed by atoms with E-state index in [9.17, 15) is 4.79 Å². The summed E-state index contributed by atoms with van der Waals surface area (Å²) in [6.45, 7) is 2.42. The Bertz CT molecular complexity index is 441. The van der Waals surface area contributed by atoms with Crippen molar-refractivity contribution in [3.8, 4) is 0 Å². The molecular formula is C15H25N3O3. The van der Waals surface area contributed by atoms with Crippen LogP contribution < -0.4 is 5.32 Å². The van der Waals surface area contributed by atoms with Crippen LogP contribution in [-0.2, 0) is 16.0 Å². The van der Waals surface area contributed by atoms with Gasteiger partial charge in [0.2, 0.25) is 11.8 Å². The molecule has 1 atom stereocenters. The van der Waals surface area contributed by atoms with Gasteiger partial charge in [-0.15, -0.1) is 0 Å². The molecule has 0 aliphatic heterocycles. The fraction of sp³-hybridized carbons (Fsp3) is 0.800. The first-order valence-corrected chi connectivity index (χ1v) is 7.80. The Morgan fingerprint density at radius 3 is 2.90 bits per heavy atom. The molecule has 6 heteroatoms. The van der Waals surface area contributed by atoms with Crippen LogP contribution in [0.3, 0.4) is 0 Å². The molecule has 0 unspecified atom stereocenters. The van der Waals surface area contributed by atoms with Gasteiger partial charge < -0.3 is 14.6 Å². The van der Waals surface area contributed by atoms with Crippen molar-refractivity contribution >= 4 is 5.91 Å². The molecule has 1 aromatic heterocycles. The number of hydrogen-bond donors (Lipinski definition) is 1. The second-order valence-corrected chi connectivity index (χ2v) is 5.79. The normalized spacial score (nSPS) is 17.6. The molecule has 0 spiro atoms. The van der Waals surface area contributed by atoms with Crippen molar-refractivity contribution in [1.29, 1.82) is 0 Å². The molecule has 1 heterocycles. The van der Waals surface area contributed by atoms with Crippen LogP contribution in [0.25, 0.3) is 0 Å². The maximum absolute atomic E-state index is 12.1. The molecule has 1 aliphatic rings. The summed E-state index contributed by atoms with van der Waals surface area (Å²) in [5.41, 5.74) is 0. The van der Waals surface area contributed by atoms with Crippen molar-refractivity contribution in [2.45, 2.75) is 57.9 Å². The fourth-order valence-corrected chi connectivity index (χ4v) is 2.75. The molecule has 1 saturated carbocycles. The van der Waals surface area contributed by atoms with E-state index in [0.29, 0.717) is 37.1 Å². The fourth-order valence-electron chi connectivity index (χ4n) is 2.75. The molecule has 0 bridgehead atoms. The molecule has 2 rings (SSSR count). The van der Waals surface area contributed by atoms with Gasteiger partial charge in [0.25, 0.3) is 0 Å². The van der Waals surface area contributed by atoms with Gasteiger partial charge in [0, 0.05) is 20.0 Å². The summed E-state index contributed by atoms with van der Waals surface area (Å²) in [6, 6.07) is -0.245. The van der Waals surface area contributed by atoms with E-state index in [1.54, 1.807) is 7.11 Å². The number of aromatic nitrogens is 2. The highest BCUT2D eigenvalue weighted by molar-refractivity contribution is 5.76. The summed E-state index contributed by atoms with van der Waals surface area (Å²) < 4.78 is 10.2. The van der Waals surface area contributed by atoms with Gasteiger partial charge in [-0.25, -0.2) is 0 Å². The Labute approximate surface area is 125 Å². The minimum absolute atomic E-state index is 0.0750. The van der Waals surface area contributed by atoms with Gasteiger partial charge in [-0.1, -0.05) is 24.4 Å². The Balaban J connectivity index is 1.78. The van der Waals surface area contributed by atoms with E-state index in [0.717, 1.165) is 0 Å². The molecule has 0 radical (unpaired) electrons. The zero-order valence-electron chi connectivity index (χ0n) is 12.9. The number of amides is 1. The smallest absolute Gasteiger partial charge is 0.248 e. The second kappa shape index (κ2) is 8.12. The third-order valence-corrected chi connectivity index (χ3v) is 3.96. The zero-order chi connectivity index (χ0) is 15.1. The first kappa shape index (κ1) is 15.9. The van der Waals surface area contributed by atoms with Gasteiger partial charge >= 0.3 is 0 Å². The van der Waals surface area contributed by atoms with Gasteiger partial charge in [-0.05, 0) is 25.7 Å². The first-order chi connectivity index (χ1) is 10.2. The molecule has 21 heavy (non-hydrogen) atoms. The van der Waals surface area contributed by atoms with E-state index >= 15 is 0 Å². The van der Waals surface area contributed by atoms with E-state index in [4.69, 9.17) is 9.26 Å². The predicted molar refractivity (Wildman–Crippen MR) is 77.6 cm³/mol. The van der Waals surface area contributed by atoms with E-state index in [1.807, 2.05) is 6.92 Å². The highest BCUT2D eigenvalue weighted by atomic mass is 16.5. The number of hydrogen-bond acceptors (Lipinski definition) is 5. The minimum atomic E-state index is -0.245. The topological polar surface area (TPSA) is 77.3 Å². The van der Waals surface area contributed by atoms with Crippen LogP contribution in [0.1, 0.15) is 63.2 Å². The van der Waals surface area contributed by atoms with Crippen LogP contribution in [-0.4, -0.2) is 29.8 Å². The van der Waals surface area contributed by atoms with Crippen LogP contribution in [0, 0.1) is 5.92 Å².